The molecule has 21 heavy (non-hydrogen) atoms. The first-order chi connectivity index (χ1) is 9.67. The van der Waals surface area contributed by atoms with Gasteiger partial charge in [0, 0.05) is 6.92 Å². The van der Waals surface area contributed by atoms with E-state index in [0.717, 1.165) is 12.1 Å². The Hall–Kier alpha value is -1.90. The molecule has 1 aromatic carbocycles. The zero-order chi connectivity index (χ0) is 16.0. The third-order valence-corrected chi connectivity index (χ3v) is 2.28. The van der Waals surface area contributed by atoms with Gasteiger partial charge in [0.05, 0.1) is 12.6 Å². The van der Waals surface area contributed by atoms with Crippen LogP contribution in [-0.2, 0) is 9.53 Å². The topological polar surface area (TPSA) is 47.6 Å². The summed E-state index contributed by atoms with van der Waals surface area (Å²) in [6.07, 6.45) is -4.82. The third-order valence-electron chi connectivity index (χ3n) is 2.28. The Labute approximate surface area is 116 Å². The van der Waals surface area contributed by atoms with Gasteiger partial charge in [-0.1, -0.05) is 12.1 Å². The number of rotatable bonds is 6. The van der Waals surface area contributed by atoms with Crippen molar-refractivity contribution in [2.75, 3.05) is 6.61 Å². The number of halogens is 5. The summed E-state index contributed by atoms with van der Waals surface area (Å²) in [5.41, 5.74) is 0.306. The summed E-state index contributed by atoms with van der Waals surface area (Å²) < 4.78 is 67.8. The Morgan fingerprint density at radius 1 is 1.24 bits per heavy atom. The summed E-state index contributed by atoms with van der Waals surface area (Å²) in [7, 11) is 0. The molecule has 1 rings (SSSR count). The van der Waals surface area contributed by atoms with Gasteiger partial charge in [-0.15, -0.1) is 13.2 Å². The second-order valence-corrected chi connectivity index (χ2v) is 3.96. The molecule has 0 aromatic heterocycles. The van der Waals surface area contributed by atoms with Crippen LogP contribution in [-0.4, -0.2) is 25.5 Å². The first-order valence-corrected chi connectivity index (χ1v) is 5.70. The molecule has 1 N–H and O–H groups in total. The van der Waals surface area contributed by atoms with Gasteiger partial charge in [0.1, 0.15) is 5.75 Å². The van der Waals surface area contributed by atoms with Crippen molar-refractivity contribution in [3.63, 3.8) is 0 Å². The maximum atomic E-state index is 12.0. The minimum absolute atomic E-state index is 0.306. The van der Waals surface area contributed by atoms with Crippen molar-refractivity contribution in [2.45, 2.75) is 25.9 Å². The van der Waals surface area contributed by atoms with E-state index in [4.69, 9.17) is 0 Å². The van der Waals surface area contributed by atoms with E-state index in [1.165, 1.54) is 19.1 Å². The van der Waals surface area contributed by atoms with Crippen molar-refractivity contribution < 1.29 is 36.2 Å². The summed E-state index contributed by atoms with van der Waals surface area (Å²) in [6, 6.07) is 3.56. The van der Waals surface area contributed by atoms with Gasteiger partial charge in [0.25, 0.3) is 0 Å². The first-order valence-electron chi connectivity index (χ1n) is 5.70. The van der Waals surface area contributed by atoms with E-state index < -0.39 is 37.3 Å². The maximum absolute atomic E-state index is 12.0. The van der Waals surface area contributed by atoms with Crippen molar-refractivity contribution in [3.05, 3.63) is 29.8 Å². The lowest BCUT2D eigenvalue weighted by atomic mass is 10.1. The van der Waals surface area contributed by atoms with Gasteiger partial charge in [-0.05, 0) is 17.7 Å². The normalized spacial score (nSPS) is 13.1. The van der Waals surface area contributed by atoms with Crippen LogP contribution in [0.1, 0.15) is 18.5 Å². The fraction of sp³-hybridized carbons (Fsp3) is 0.417. The molecule has 0 saturated carbocycles. The smallest absolute Gasteiger partial charge is 0.406 e. The number of amides is 1. The zero-order valence-electron chi connectivity index (χ0n) is 10.8. The predicted octanol–water partition coefficient (Wildman–Crippen LogP) is 3.00. The van der Waals surface area contributed by atoms with Crippen LogP contribution in [0, 0.1) is 0 Å². The lowest BCUT2D eigenvalue weighted by Gasteiger charge is -2.18. The van der Waals surface area contributed by atoms with Gasteiger partial charge in [-0.3, -0.25) is 4.79 Å². The van der Waals surface area contributed by atoms with Crippen LogP contribution in [0.4, 0.5) is 22.0 Å². The average Bonchev–Trinajstić information content (AvgIpc) is 2.33. The molecular weight excluding hydrogens is 301 g/mol. The molecule has 1 aromatic rings. The summed E-state index contributed by atoms with van der Waals surface area (Å²) in [5, 5.41) is 2.36. The van der Waals surface area contributed by atoms with E-state index in [0.29, 0.717) is 5.56 Å². The fourth-order valence-electron chi connectivity index (χ4n) is 1.54. The fourth-order valence-corrected chi connectivity index (χ4v) is 1.54. The van der Waals surface area contributed by atoms with Crippen molar-refractivity contribution in [2.24, 2.45) is 0 Å². The summed E-state index contributed by atoms with van der Waals surface area (Å²) in [5.74, 6) is -0.948. The molecule has 0 aliphatic rings. The summed E-state index contributed by atoms with van der Waals surface area (Å²) in [6.45, 7) is -2.36. The summed E-state index contributed by atoms with van der Waals surface area (Å²) >= 11 is 0. The molecule has 1 atom stereocenters. The highest BCUT2D eigenvalue weighted by Gasteiger charge is 2.31. The predicted molar refractivity (Wildman–Crippen MR) is 61.6 cm³/mol. The molecule has 0 heterocycles. The standard InChI is InChI=1S/C12H12F5NO3/c1-7(19)18-10(6-20-11(13)14)8-2-4-9(5-3-8)21-12(15,16)17/h2-5,10-11H,6H2,1H3,(H,18,19). The lowest BCUT2D eigenvalue weighted by Crippen LogP contribution is -2.30. The Morgan fingerprint density at radius 3 is 2.24 bits per heavy atom. The number of hydrogen-bond donors (Lipinski definition) is 1. The minimum Gasteiger partial charge on any atom is -0.406 e. The average molecular weight is 313 g/mol. The number of alkyl halides is 5. The largest absolute Gasteiger partial charge is 0.573 e. The van der Waals surface area contributed by atoms with Gasteiger partial charge in [-0.25, -0.2) is 0 Å². The van der Waals surface area contributed by atoms with Gasteiger partial charge >= 0.3 is 13.0 Å². The molecule has 4 nitrogen and oxygen atoms in total. The van der Waals surface area contributed by atoms with Gasteiger partial charge in [0.2, 0.25) is 5.91 Å². The van der Waals surface area contributed by atoms with Crippen LogP contribution in [0.25, 0.3) is 0 Å². The molecule has 0 bridgehead atoms. The molecule has 118 valence electrons. The number of benzene rings is 1. The molecule has 0 radical (unpaired) electrons. The van der Waals surface area contributed by atoms with Crippen LogP contribution in [0.2, 0.25) is 0 Å². The zero-order valence-corrected chi connectivity index (χ0v) is 10.8. The number of carbonyl (C=O) groups is 1. The SMILES string of the molecule is CC(=O)NC(COC(F)F)c1ccc(OC(F)(F)F)cc1. The van der Waals surface area contributed by atoms with Crippen molar-refractivity contribution >= 4 is 5.91 Å². The van der Waals surface area contributed by atoms with Crippen LogP contribution < -0.4 is 10.1 Å². The van der Waals surface area contributed by atoms with E-state index in [-0.39, 0.29) is 0 Å². The Kier molecular flexibility index (Phi) is 5.89. The van der Waals surface area contributed by atoms with Gasteiger partial charge < -0.3 is 14.8 Å². The van der Waals surface area contributed by atoms with Crippen LogP contribution in [0.15, 0.2) is 24.3 Å². The first kappa shape index (κ1) is 17.2. The van der Waals surface area contributed by atoms with Gasteiger partial charge in [0.15, 0.2) is 0 Å². The van der Waals surface area contributed by atoms with Crippen LogP contribution in [0.3, 0.4) is 0 Å². The number of nitrogens with one attached hydrogen (secondary N) is 1. The Bertz CT molecular complexity index is 461. The molecule has 9 heteroatoms. The number of carbonyl (C=O) groups excluding carboxylic acids is 1. The van der Waals surface area contributed by atoms with Crippen molar-refractivity contribution in [3.8, 4) is 5.75 Å². The van der Waals surface area contributed by atoms with E-state index in [9.17, 15) is 26.7 Å². The molecule has 0 fully saturated rings. The number of hydrogen-bond acceptors (Lipinski definition) is 3. The number of ether oxygens (including phenoxy) is 2. The third kappa shape index (κ3) is 6.89. The van der Waals surface area contributed by atoms with Crippen LogP contribution >= 0.6 is 0 Å². The lowest BCUT2D eigenvalue weighted by molar-refractivity contribution is -0.274. The quantitative estimate of drug-likeness (QED) is 0.821. The van der Waals surface area contributed by atoms with Crippen molar-refractivity contribution in [1.29, 1.82) is 0 Å². The highest BCUT2D eigenvalue weighted by Crippen LogP contribution is 2.24. The van der Waals surface area contributed by atoms with E-state index in [2.05, 4.69) is 14.8 Å². The molecule has 1 amide bonds. The van der Waals surface area contributed by atoms with Crippen molar-refractivity contribution in [1.82, 2.24) is 5.32 Å². The van der Waals surface area contributed by atoms with E-state index in [1.54, 1.807) is 0 Å². The molecule has 0 spiro atoms. The highest BCUT2D eigenvalue weighted by molar-refractivity contribution is 5.73. The Morgan fingerprint density at radius 2 is 1.81 bits per heavy atom. The van der Waals surface area contributed by atoms with E-state index in [1.807, 2.05) is 0 Å². The van der Waals surface area contributed by atoms with Gasteiger partial charge in [-0.2, -0.15) is 8.78 Å². The summed E-state index contributed by atoms with van der Waals surface area (Å²) in [4.78, 5) is 11.0. The highest BCUT2D eigenvalue weighted by atomic mass is 19.4. The molecule has 0 aliphatic carbocycles. The Balaban J connectivity index is 2.80. The minimum atomic E-state index is -4.82. The maximum Gasteiger partial charge on any atom is 0.573 e. The molecule has 1 unspecified atom stereocenters. The van der Waals surface area contributed by atoms with E-state index >= 15 is 0 Å². The monoisotopic (exact) mass is 313 g/mol. The van der Waals surface area contributed by atoms with Crippen LogP contribution in [0.5, 0.6) is 5.75 Å². The second kappa shape index (κ2) is 7.21. The molecular formula is C12H12F5NO3. The molecule has 0 saturated heterocycles. The molecule has 0 aliphatic heterocycles. The second-order valence-electron chi connectivity index (χ2n) is 3.96.